The average molecular weight is 367 g/mol. The first-order valence-electron chi connectivity index (χ1n) is 7.52. The topological polar surface area (TPSA) is 88.2 Å². The zero-order chi connectivity index (χ0) is 17.9. The molecule has 0 aliphatic carbocycles. The quantitative estimate of drug-likeness (QED) is 0.847. The van der Waals surface area contributed by atoms with Crippen LogP contribution in [0.4, 0.5) is 10.5 Å². The minimum Gasteiger partial charge on any atom is -0.329 e. The van der Waals surface area contributed by atoms with E-state index < -0.39 is 9.84 Å². The zero-order valence-corrected chi connectivity index (χ0v) is 15.7. The number of anilines is 1. The van der Waals surface area contributed by atoms with E-state index in [1.54, 1.807) is 23.5 Å². The number of benzene rings is 1. The average Bonchev–Trinajstić information content (AvgIpc) is 2.84. The van der Waals surface area contributed by atoms with Crippen LogP contribution < -0.4 is 10.6 Å². The number of hydrogen-bond donors (Lipinski definition) is 2. The summed E-state index contributed by atoms with van der Waals surface area (Å²) in [6, 6.07) is 5.56. The van der Waals surface area contributed by atoms with E-state index in [-0.39, 0.29) is 17.0 Å². The Kier molecular flexibility index (Phi) is 5.61. The fraction of sp³-hybridized carbons (Fsp3) is 0.375. The molecule has 6 nitrogen and oxygen atoms in total. The second kappa shape index (κ2) is 7.31. The molecular weight excluding hydrogens is 346 g/mol. The minimum absolute atomic E-state index is 0.155. The van der Waals surface area contributed by atoms with Gasteiger partial charge in [-0.25, -0.2) is 18.2 Å². The Balaban J connectivity index is 2.03. The molecule has 2 rings (SSSR count). The lowest BCUT2D eigenvalue weighted by Gasteiger charge is -2.15. The second-order valence-corrected chi connectivity index (χ2v) is 8.80. The summed E-state index contributed by atoms with van der Waals surface area (Å²) < 4.78 is 22.9. The van der Waals surface area contributed by atoms with Gasteiger partial charge in [0.2, 0.25) is 0 Å². The lowest BCUT2D eigenvalue weighted by molar-refractivity contribution is 0.248. The van der Waals surface area contributed by atoms with Gasteiger partial charge in [-0.05, 0) is 44.5 Å². The lowest BCUT2D eigenvalue weighted by Crippen LogP contribution is -2.32. The van der Waals surface area contributed by atoms with E-state index in [0.29, 0.717) is 5.69 Å². The number of carbonyl (C=O) groups excluding carboxylic acids is 1. The van der Waals surface area contributed by atoms with Gasteiger partial charge >= 0.3 is 6.03 Å². The molecule has 0 spiro atoms. The second-order valence-electron chi connectivity index (χ2n) is 5.55. The third-order valence-electron chi connectivity index (χ3n) is 3.60. The molecule has 2 N–H and O–H groups in total. The smallest absolute Gasteiger partial charge is 0.319 e. The van der Waals surface area contributed by atoms with Crippen molar-refractivity contribution in [1.82, 2.24) is 10.3 Å². The number of aromatic nitrogens is 1. The van der Waals surface area contributed by atoms with Crippen LogP contribution in [0.1, 0.15) is 35.0 Å². The molecule has 1 aromatic heterocycles. The summed E-state index contributed by atoms with van der Waals surface area (Å²) in [5.74, 6) is 0. The van der Waals surface area contributed by atoms with Gasteiger partial charge in [-0.2, -0.15) is 0 Å². The van der Waals surface area contributed by atoms with Gasteiger partial charge in [0, 0.05) is 16.8 Å². The summed E-state index contributed by atoms with van der Waals surface area (Å²) in [5.41, 5.74) is 1.51. The first kappa shape index (κ1) is 18.4. The van der Waals surface area contributed by atoms with Crippen LogP contribution in [-0.2, 0) is 9.84 Å². The SMILES string of the molecule is CC[C@@H](NC(=O)Nc1ccc(S(C)(=O)=O)cc1)c1nc(C)c(C)s1. The van der Waals surface area contributed by atoms with Gasteiger partial charge < -0.3 is 10.6 Å². The van der Waals surface area contributed by atoms with Crippen molar-refractivity contribution < 1.29 is 13.2 Å². The van der Waals surface area contributed by atoms with Crippen molar-refractivity contribution in [2.24, 2.45) is 0 Å². The number of carbonyl (C=O) groups is 1. The molecule has 1 atom stereocenters. The van der Waals surface area contributed by atoms with Crippen LogP contribution >= 0.6 is 11.3 Å². The Bertz CT molecular complexity index is 807. The van der Waals surface area contributed by atoms with E-state index in [1.807, 2.05) is 20.8 Å². The Hall–Kier alpha value is -1.93. The summed E-state index contributed by atoms with van der Waals surface area (Å²) >= 11 is 1.58. The summed E-state index contributed by atoms with van der Waals surface area (Å²) in [7, 11) is -3.24. The summed E-state index contributed by atoms with van der Waals surface area (Å²) in [6.07, 6.45) is 1.87. The highest BCUT2D eigenvalue weighted by Crippen LogP contribution is 2.25. The van der Waals surface area contributed by atoms with E-state index in [1.165, 1.54) is 12.1 Å². The molecule has 0 bridgehead atoms. The third kappa shape index (κ3) is 4.55. The summed E-state index contributed by atoms with van der Waals surface area (Å²) in [5, 5.41) is 6.49. The first-order valence-corrected chi connectivity index (χ1v) is 10.2. The van der Waals surface area contributed by atoms with Gasteiger partial charge in [0.05, 0.1) is 16.6 Å². The Morgan fingerprint density at radius 1 is 1.25 bits per heavy atom. The molecule has 0 fully saturated rings. The highest BCUT2D eigenvalue weighted by atomic mass is 32.2. The monoisotopic (exact) mass is 367 g/mol. The van der Waals surface area contributed by atoms with Crippen molar-refractivity contribution in [3.63, 3.8) is 0 Å². The molecule has 0 aliphatic heterocycles. The molecule has 8 heteroatoms. The molecule has 0 saturated carbocycles. The molecule has 130 valence electrons. The summed E-state index contributed by atoms with van der Waals surface area (Å²) in [4.78, 5) is 18.0. The maximum Gasteiger partial charge on any atom is 0.319 e. The molecule has 1 heterocycles. The Labute approximate surface area is 146 Å². The van der Waals surface area contributed by atoms with Crippen molar-refractivity contribution in [2.75, 3.05) is 11.6 Å². The van der Waals surface area contributed by atoms with Gasteiger partial charge in [-0.15, -0.1) is 11.3 Å². The molecule has 24 heavy (non-hydrogen) atoms. The normalized spacial score (nSPS) is 12.7. The summed E-state index contributed by atoms with van der Waals surface area (Å²) in [6.45, 7) is 5.94. The predicted molar refractivity (Wildman–Crippen MR) is 96.3 cm³/mol. The molecule has 0 saturated heterocycles. The molecule has 0 aliphatic rings. The van der Waals surface area contributed by atoms with Crippen LogP contribution in [0, 0.1) is 13.8 Å². The number of urea groups is 1. The minimum atomic E-state index is -3.24. The highest BCUT2D eigenvalue weighted by Gasteiger charge is 2.17. The van der Waals surface area contributed by atoms with Gasteiger partial charge in [-0.1, -0.05) is 6.92 Å². The van der Waals surface area contributed by atoms with Crippen LogP contribution in [0.5, 0.6) is 0 Å². The number of nitrogens with one attached hydrogen (secondary N) is 2. The van der Waals surface area contributed by atoms with Crippen molar-refractivity contribution in [1.29, 1.82) is 0 Å². The van der Waals surface area contributed by atoms with Crippen LogP contribution in [-0.4, -0.2) is 25.7 Å². The van der Waals surface area contributed by atoms with Gasteiger partial charge in [0.1, 0.15) is 5.01 Å². The fourth-order valence-electron chi connectivity index (χ4n) is 2.10. The zero-order valence-electron chi connectivity index (χ0n) is 14.1. The highest BCUT2D eigenvalue weighted by molar-refractivity contribution is 7.90. The predicted octanol–water partition coefficient (Wildman–Crippen LogP) is 3.44. The molecule has 2 amide bonds. The van der Waals surface area contributed by atoms with E-state index in [0.717, 1.165) is 28.3 Å². The van der Waals surface area contributed by atoms with Gasteiger partial charge in [0.25, 0.3) is 0 Å². The number of nitrogens with zero attached hydrogens (tertiary/aromatic N) is 1. The van der Waals surface area contributed by atoms with Gasteiger partial charge in [-0.3, -0.25) is 0 Å². The Morgan fingerprint density at radius 2 is 1.88 bits per heavy atom. The van der Waals surface area contributed by atoms with Crippen LogP contribution in [0.2, 0.25) is 0 Å². The van der Waals surface area contributed by atoms with Crippen LogP contribution in [0.25, 0.3) is 0 Å². The van der Waals surface area contributed by atoms with E-state index in [2.05, 4.69) is 15.6 Å². The van der Waals surface area contributed by atoms with Gasteiger partial charge in [0.15, 0.2) is 9.84 Å². The largest absolute Gasteiger partial charge is 0.329 e. The molecule has 2 aromatic rings. The first-order chi connectivity index (χ1) is 11.2. The van der Waals surface area contributed by atoms with Crippen LogP contribution in [0.15, 0.2) is 29.2 Å². The number of sulfone groups is 1. The standard InChI is InChI=1S/C16H21N3O3S2/c1-5-14(15-17-10(2)11(3)23-15)19-16(20)18-12-6-8-13(9-7-12)24(4,21)22/h6-9,14H,5H2,1-4H3,(H2,18,19,20)/t14-/m1/s1. The number of aryl methyl sites for hydroxylation is 2. The van der Waals surface area contributed by atoms with Crippen LogP contribution in [0.3, 0.4) is 0 Å². The van der Waals surface area contributed by atoms with Crippen molar-refractivity contribution >= 4 is 32.9 Å². The fourth-order valence-corrected chi connectivity index (χ4v) is 3.78. The Morgan fingerprint density at radius 3 is 2.33 bits per heavy atom. The van der Waals surface area contributed by atoms with Crippen molar-refractivity contribution in [3.8, 4) is 0 Å². The number of thiazole rings is 1. The van der Waals surface area contributed by atoms with Crippen molar-refractivity contribution in [3.05, 3.63) is 39.8 Å². The van der Waals surface area contributed by atoms with E-state index in [9.17, 15) is 13.2 Å². The maximum atomic E-state index is 12.2. The molecule has 1 aromatic carbocycles. The van der Waals surface area contributed by atoms with E-state index >= 15 is 0 Å². The molecule has 0 unspecified atom stereocenters. The third-order valence-corrected chi connectivity index (χ3v) is 5.91. The molecule has 0 radical (unpaired) electrons. The number of rotatable bonds is 5. The molecular formula is C16H21N3O3S2. The maximum absolute atomic E-state index is 12.2. The lowest BCUT2D eigenvalue weighted by atomic mass is 10.2. The van der Waals surface area contributed by atoms with E-state index in [4.69, 9.17) is 0 Å². The number of amides is 2. The van der Waals surface area contributed by atoms with Crippen molar-refractivity contribution in [2.45, 2.75) is 38.1 Å². The number of hydrogen-bond acceptors (Lipinski definition) is 5.